The van der Waals surface area contributed by atoms with Crippen molar-refractivity contribution in [3.8, 4) is 11.6 Å². The van der Waals surface area contributed by atoms with Crippen molar-refractivity contribution < 1.29 is 4.74 Å². The third kappa shape index (κ3) is 3.05. The summed E-state index contributed by atoms with van der Waals surface area (Å²) in [6.45, 7) is 0.0837. The second-order valence-electron chi connectivity index (χ2n) is 5.59. The normalized spacial score (nSPS) is 10.8. The number of hydrogen-bond acceptors (Lipinski definition) is 4. The smallest absolute Gasteiger partial charge is 0.267 e. The van der Waals surface area contributed by atoms with Gasteiger partial charge in [-0.15, -0.1) is 0 Å². The van der Waals surface area contributed by atoms with Crippen molar-refractivity contribution in [2.75, 3.05) is 0 Å². The van der Waals surface area contributed by atoms with Gasteiger partial charge in [-0.3, -0.25) is 4.79 Å². The first-order valence-electron chi connectivity index (χ1n) is 8.03. The molecule has 128 valence electrons. The van der Waals surface area contributed by atoms with Crippen molar-refractivity contribution in [2.24, 2.45) is 0 Å². The van der Waals surface area contributed by atoms with E-state index >= 15 is 0 Å². The summed E-state index contributed by atoms with van der Waals surface area (Å²) in [4.78, 5) is 21.9. The van der Waals surface area contributed by atoms with E-state index in [0.717, 1.165) is 0 Å². The predicted octanol–water partition coefficient (Wildman–Crippen LogP) is 4.01. The third-order valence-corrected chi connectivity index (χ3v) is 4.23. The summed E-state index contributed by atoms with van der Waals surface area (Å²) in [6, 6.07) is 19.8. The van der Waals surface area contributed by atoms with Crippen molar-refractivity contribution in [1.29, 1.82) is 0 Å². The fourth-order valence-corrected chi connectivity index (χ4v) is 2.89. The lowest BCUT2D eigenvalue weighted by Crippen LogP contribution is -2.25. The van der Waals surface area contributed by atoms with E-state index in [1.54, 1.807) is 42.6 Å². The summed E-state index contributed by atoms with van der Waals surface area (Å²) in [5.41, 5.74) is 0.425. The number of rotatable bonds is 4. The molecule has 0 spiro atoms. The van der Waals surface area contributed by atoms with Crippen LogP contribution in [0.3, 0.4) is 0 Å². The summed E-state index contributed by atoms with van der Waals surface area (Å²) in [5.74, 6) is 1.48. The molecular weight excluding hydrogens is 350 g/mol. The molecule has 0 aliphatic carbocycles. The van der Waals surface area contributed by atoms with E-state index < -0.39 is 0 Å². The zero-order chi connectivity index (χ0) is 17.9. The van der Waals surface area contributed by atoms with Gasteiger partial charge in [0.1, 0.15) is 18.2 Å². The summed E-state index contributed by atoms with van der Waals surface area (Å²) >= 11 is 6.15. The number of benzene rings is 2. The van der Waals surface area contributed by atoms with Crippen LogP contribution in [0.2, 0.25) is 5.02 Å². The number of ether oxygens (including phenoxy) is 1. The fourth-order valence-electron chi connectivity index (χ4n) is 2.70. The Morgan fingerprint density at radius 3 is 2.54 bits per heavy atom. The zero-order valence-electron chi connectivity index (χ0n) is 13.7. The maximum Gasteiger partial charge on any atom is 0.267 e. The number of para-hydroxylation sites is 2. The molecule has 0 N–H and O–H groups in total. The average Bonchev–Trinajstić information content (AvgIpc) is 2.68. The molecule has 0 amide bonds. The van der Waals surface area contributed by atoms with Crippen molar-refractivity contribution >= 4 is 22.5 Å². The number of fused-ring (bicyclic) bond motifs is 1. The number of nitrogens with zero attached hydrogens (tertiary/aromatic N) is 3. The van der Waals surface area contributed by atoms with Gasteiger partial charge in [-0.1, -0.05) is 41.9 Å². The Morgan fingerprint density at radius 1 is 0.962 bits per heavy atom. The van der Waals surface area contributed by atoms with Crippen LogP contribution in [-0.4, -0.2) is 14.5 Å². The lowest BCUT2D eigenvalue weighted by molar-refractivity contribution is 0.292. The van der Waals surface area contributed by atoms with Crippen molar-refractivity contribution in [3.63, 3.8) is 0 Å². The molecule has 0 unspecified atom stereocenters. The van der Waals surface area contributed by atoms with E-state index in [0.29, 0.717) is 33.3 Å². The highest BCUT2D eigenvalue weighted by Crippen LogP contribution is 2.24. The second kappa shape index (κ2) is 6.98. The lowest BCUT2D eigenvalue weighted by atomic mass is 10.2. The number of hydrogen-bond donors (Lipinski definition) is 0. The van der Waals surface area contributed by atoms with E-state index in [1.807, 2.05) is 30.3 Å². The number of halogens is 1. The molecule has 0 atom stereocenters. The summed E-state index contributed by atoms with van der Waals surface area (Å²) in [7, 11) is 0. The summed E-state index contributed by atoms with van der Waals surface area (Å²) in [5, 5.41) is 1.03. The standard InChI is InChI=1S/C20H14ClN3O2/c21-15-8-2-4-10-17(15)26-13-19-23-16-9-3-1-7-14(16)20(25)24(19)18-11-5-6-12-22-18/h1-12H,13H2. The first-order chi connectivity index (χ1) is 12.7. The monoisotopic (exact) mass is 363 g/mol. The van der Waals surface area contributed by atoms with Gasteiger partial charge in [-0.25, -0.2) is 14.5 Å². The molecule has 2 heterocycles. The minimum Gasteiger partial charge on any atom is -0.484 e. The fraction of sp³-hybridized carbons (Fsp3) is 0.0500. The molecule has 4 rings (SSSR count). The topological polar surface area (TPSA) is 57.0 Å². The quantitative estimate of drug-likeness (QED) is 0.549. The van der Waals surface area contributed by atoms with Gasteiger partial charge in [-0.05, 0) is 36.4 Å². The molecule has 0 radical (unpaired) electrons. The molecule has 0 bridgehead atoms. The molecule has 6 heteroatoms. The van der Waals surface area contributed by atoms with Crippen LogP contribution in [0.1, 0.15) is 5.82 Å². The molecule has 5 nitrogen and oxygen atoms in total. The van der Waals surface area contributed by atoms with Crippen LogP contribution >= 0.6 is 11.6 Å². The second-order valence-corrected chi connectivity index (χ2v) is 6.00. The molecule has 2 aromatic carbocycles. The van der Waals surface area contributed by atoms with Crippen LogP contribution in [0.25, 0.3) is 16.7 Å². The Labute approximate surface area is 154 Å². The molecule has 0 saturated heterocycles. The predicted molar refractivity (Wildman–Crippen MR) is 101 cm³/mol. The third-order valence-electron chi connectivity index (χ3n) is 3.92. The van der Waals surface area contributed by atoms with Gasteiger partial charge in [0.05, 0.1) is 15.9 Å². The Kier molecular flexibility index (Phi) is 4.37. The molecule has 4 aromatic rings. The summed E-state index contributed by atoms with van der Waals surface area (Å²) < 4.78 is 7.28. The maximum absolute atomic E-state index is 13.0. The van der Waals surface area contributed by atoms with Gasteiger partial charge >= 0.3 is 0 Å². The van der Waals surface area contributed by atoms with Crippen molar-refractivity contribution in [2.45, 2.75) is 6.61 Å². The minimum atomic E-state index is -0.188. The molecule has 0 saturated carbocycles. The minimum absolute atomic E-state index is 0.0837. The van der Waals surface area contributed by atoms with Gasteiger partial charge in [0, 0.05) is 6.20 Å². The van der Waals surface area contributed by atoms with E-state index in [-0.39, 0.29) is 12.2 Å². The first-order valence-corrected chi connectivity index (χ1v) is 8.41. The Morgan fingerprint density at radius 2 is 1.73 bits per heavy atom. The van der Waals surface area contributed by atoms with Gasteiger partial charge < -0.3 is 4.74 Å². The van der Waals surface area contributed by atoms with E-state index in [1.165, 1.54) is 4.57 Å². The molecule has 26 heavy (non-hydrogen) atoms. The summed E-state index contributed by atoms with van der Waals surface area (Å²) in [6.07, 6.45) is 1.63. The Balaban J connectivity index is 1.84. The number of aromatic nitrogens is 3. The molecule has 0 aliphatic rings. The van der Waals surface area contributed by atoms with Crippen LogP contribution in [0.5, 0.6) is 5.75 Å². The molecule has 0 fully saturated rings. The van der Waals surface area contributed by atoms with Gasteiger partial charge in [-0.2, -0.15) is 0 Å². The lowest BCUT2D eigenvalue weighted by Gasteiger charge is -2.14. The molecular formula is C20H14ClN3O2. The first kappa shape index (κ1) is 16.3. The van der Waals surface area contributed by atoms with Crippen LogP contribution < -0.4 is 10.3 Å². The molecule has 0 aliphatic heterocycles. The number of pyridine rings is 1. The maximum atomic E-state index is 13.0. The van der Waals surface area contributed by atoms with Crippen LogP contribution in [0.4, 0.5) is 0 Å². The highest BCUT2D eigenvalue weighted by molar-refractivity contribution is 6.32. The van der Waals surface area contributed by atoms with Crippen molar-refractivity contribution in [1.82, 2.24) is 14.5 Å². The van der Waals surface area contributed by atoms with E-state index in [4.69, 9.17) is 16.3 Å². The zero-order valence-corrected chi connectivity index (χ0v) is 14.4. The SMILES string of the molecule is O=c1c2ccccc2nc(COc2ccccc2Cl)n1-c1ccccn1. The van der Waals surface area contributed by atoms with E-state index in [9.17, 15) is 4.79 Å². The van der Waals surface area contributed by atoms with Crippen LogP contribution in [0.15, 0.2) is 77.7 Å². The van der Waals surface area contributed by atoms with Crippen molar-refractivity contribution in [3.05, 3.63) is 94.1 Å². The Hall–Kier alpha value is -3.18. The average molecular weight is 364 g/mol. The molecule has 2 aromatic heterocycles. The largest absolute Gasteiger partial charge is 0.484 e. The Bertz CT molecular complexity index is 1130. The van der Waals surface area contributed by atoms with Gasteiger partial charge in [0.15, 0.2) is 5.82 Å². The van der Waals surface area contributed by atoms with Crippen LogP contribution in [-0.2, 0) is 6.61 Å². The van der Waals surface area contributed by atoms with E-state index in [2.05, 4.69) is 9.97 Å². The van der Waals surface area contributed by atoms with Gasteiger partial charge in [0.2, 0.25) is 0 Å². The highest BCUT2D eigenvalue weighted by Gasteiger charge is 2.14. The van der Waals surface area contributed by atoms with Crippen LogP contribution in [0, 0.1) is 0 Å². The highest BCUT2D eigenvalue weighted by atomic mass is 35.5. The van der Waals surface area contributed by atoms with Gasteiger partial charge in [0.25, 0.3) is 5.56 Å².